The summed E-state index contributed by atoms with van der Waals surface area (Å²) < 4.78 is 27.6. The van der Waals surface area contributed by atoms with E-state index < -0.39 is 16.0 Å². The van der Waals surface area contributed by atoms with Crippen LogP contribution in [0.5, 0.6) is 0 Å². The summed E-state index contributed by atoms with van der Waals surface area (Å²) in [6, 6.07) is 6.80. The molecule has 23 heavy (non-hydrogen) atoms. The highest BCUT2D eigenvalue weighted by molar-refractivity contribution is 7.89. The molecule has 0 unspecified atom stereocenters. The molecule has 1 aliphatic carbocycles. The minimum atomic E-state index is -3.51. The Morgan fingerprint density at radius 2 is 1.83 bits per heavy atom. The van der Waals surface area contributed by atoms with Gasteiger partial charge in [-0.25, -0.2) is 13.1 Å². The molecule has 1 aromatic rings. The first-order chi connectivity index (χ1) is 10.8. The molecule has 0 heterocycles. The first kappa shape index (κ1) is 17.9. The van der Waals surface area contributed by atoms with E-state index in [-0.39, 0.29) is 16.7 Å². The Morgan fingerprint density at radius 1 is 1.22 bits per heavy atom. The van der Waals surface area contributed by atoms with Crippen molar-refractivity contribution in [1.29, 1.82) is 0 Å². The second-order valence-corrected chi connectivity index (χ2v) is 8.36. The summed E-state index contributed by atoms with van der Waals surface area (Å²) in [5, 5.41) is 8.79. The normalized spacial score (nSPS) is 17.3. The average molecular weight is 339 g/mol. The number of hydrogen-bond acceptors (Lipinski definition) is 3. The number of hydrogen-bond donors (Lipinski definition) is 2. The van der Waals surface area contributed by atoms with E-state index in [9.17, 15) is 13.2 Å². The zero-order valence-electron chi connectivity index (χ0n) is 13.5. The summed E-state index contributed by atoms with van der Waals surface area (Å²) in [5.41, 5.74) is 0.928. The zero-order chi connectivity index (χ0) is 16.9. The van der Waals surface area contributed by atoms with Gasteiger partial charge < -0.3 is 5.11 Å². The number of aryl methyl sites for hydroxylation is 1. The molecular weight excluding hydrogens is 314 g/mol. The molecule has 2 N–H and O–H groups in total. The minimum Gasteiger partial charge on any atom is -0.481 e. The molecule has 1 aliphatic rings. The molecule has 0 aromatic heterocycles. The summed E-state index contributed by atoms with van der Waals surface area (Å²) in [7, 11) is -3.51. The first-order valence-electron chi connectivity index (χ1n) is 8.11. The van der Waals surface area contributed by atoms with Crippen molar-refractivity contribution < 1.29 is 18.3 Å². The van der Waals surface area contributed by atoms with E-state index >= 15 is 0 Å². The Balaban J connectivity index is 2.00. The van der Waals surface area contributed by atoms with Crippen LogP contribution in [0.1, 0.15) is 50.5 Å². The molecule has 0 bridgehead atoms. The number of rotatable bonds is 8. The van der Waals surface area contributed by atoms with Crippen molar-refractivity contribution in [2.24, 2.45) is 5.41 Å². The maximum atomic E-state index is 12.4. The number of nitrogens with one attached hydrogen (secondary N) is 1. The smallest absolute Gasteiger partial charge is 0.303 e. The molecule has 1 aromatic carbocycles. The van der Waals surface area contributed by atoms with E-state index in [0.29, 0.717) is 13.0 Å². The summed E-state index contributed by atoms with van der Waals surface area (Å²) >= 11 is 0. The molecule has 5 nitrogen and oxygen atoms in total. The van der Waals surface area contributed by atoms with Crippen molar-refractivity contribution in [3.63, 3.8) is 0 Å². The van der Waals surface area contributed by atoms with Crippen LogP contribution in [-0.2, 0) is 14.8 Å². The van der Waals surface area contributed by atoms with Crippen molar-refractivity contribution in [2.45, 2.75) is 56.8 Å². The van der Waals surface area contributed by atoms with Gasteiger partial charge in [-0.15, -0.1) is 0 Å². The minimum absolute atomic E-state index is 0.0901. The molecule has 1 saturated carbocycles. The number of aliphatic carboxylic acids is 1. The van der Waals surface area contributed by atoms with Crippen molar-refractivity contribution in [3.8, 4) is 0 Å². The maximum absolute atomic E-state index is 12.4. The van der Waals surface area contributed by atoms with Crippen molar-refractivity contribution >= 4 is 16.0 Å². The van der Waals surface area contributed by atoms with Gasteiger partial charge in [0.25, 0.3) is 0 Å². The molecule has 0 aliphatic heterocycles. The second-order valence-electron chi connectivity index (χ2n) is 6.59. The third-order valence-electron chi connectivity index (χ3n) is 4.73. The Bertz CT molecular complexity index is 631. The van der Waals surface area contributed by atoms with E-state index in [1.165, 1.54) is 0 Å². The molecule has 6 heteroatoms. The van der Waals surface area contributed by atoms with Gasteiger partial charge in [-0.3, -0.25) is 4.79 Å². The van der Waals surface area contributed by atoms with E-state index in [4.69, 9.17) is 5.11 Å². The van der Waals surface area contributed by atoms with Gasteiger partial charge in [0.2, 0.25) is 10.0 Å². The van der Waals surface area contributed by atoms with Gasteiger partial charge in [0, 0.05) is 13.0 Å². The third kappa shape index (κ3) is 5.04. The zero-order valence-corrected chi connectivity index (χ0v) is 14.4. The Labute approximate surface area is 138 Å². The fourth-order valence-corrected chi connectivity index (χ4v) is 4.46. The Morgan fingerprint density at radius 3 is 2.39 bits per heavy atom. The summed E-state index contributed by atoms with van der Waals surface area (Å²) in [5.74, 6) is -0.793. The van der Waals surface area contributed by atoms with Gasteiger partial charge in [-0.1, -0.05) is 30.5 Å². The lowest BCUT2D eigenvalue weighted by Gasteiger charge is -2.29. The number of carboxylic acid groups (broad SMARTS) is 1. The highest BCUT2D eigenvalue weighted by atomic mass is 32.2. The van der Waals surface area contributed by atoms with Crippen LogP contribution in [0, 0.1) is 12.3 Å². The topological polar surface area (TPSA) is 83.5 Å². The lowest BCUT2D eigenvalue weighted by atomic mass is 9.81. The fraction of sp³-hybridized carbons (Fsp3) is 0.588. The molecule has 0 amide bonds. The SMILES string of the molecule is Cc1ccc(S(=O)(=O)NCC2(CCCC(=O)O)CCCC2)cc1. The van der Waals surface area contributed by atoms with Crippen LogP contribution in [0.3, 0.4) is 0 Å². The molecule has 1 fully saturated rings. The lowest BCUT2D eigenvalue weighted by Crippen LogP contribution is -2.36. The lowest BCUT2D eigenvalue weighted by molar-refractivity contribution is -0.137. The van der Waals surface area contributed by atoms with E-state index in [1.807, 2.05) is 6.92 Å². The predicted molar refractivity (Wildman–Crippen MR) is 88.8 cm³/mol. The summed E-state index contributed by atoms with van der Waals surface area (Å²) in [4.78, 5) is 11.0. The summed E-state index contributed by atoms with van der Waals surface area (Å²) in [6.45, 7) is 2.31. The molecule has 2 rings (SSSR count). The second kappa shape index (κ2) is 7.45. The van der Waals surface area contributed by atoms with Crippen LogP contribution in [0.2, 0.25) is 0 Å². The Kier molecular flexibility index (Phi) is 5.81. The van der Waals surface area contributed by atoms with Crippen molar-refractivity contribution in [3.05, 3.63) is 29.8 Å². The van der Waals surface area contributed by atoms with Crippen LogP contribution in [0.4, 0.5) is 0 Å². The van der Waals surface area contributed by atoms with Gasteiger partial charge in [-0.2, -0.15) is 0 Å². The molecule has 0 atom stereocenters. The van der Waals surface area contributed by atoms with E-state index in [1.54, 1.807) is 24.3 Å². The molecule has 0 radical (unpaired) electrons. The van der Waals surface area contributed by atoms with E-state index in [0.717, 1.165) is 37.7 Å². The van der Waals surface area contributed by atoms with Gasteiger partial charge >= 0.3 is 5.97 Å². The molecule has 128 valence electrons. The number of sulfonamides is 1. The van der Waals surface area contributed by atoms with Crippen molar-refractivity contribution in [2.75, 3.05) is 6.54 Å². The van der Waals surface area contributed by atoms with Gasteiger partial charge in [0.15, 0.2) is 0 Å². The largest absolute Gasteiger partial charge is 0.481 e. The quantitative estimate of drug-likeness (QED) is 0.762. The molecular formula is C17H25NO4S. The molecule has 0 spiro atoms. The predicted octanol–water partition coefficient (Wildman–Crippen LogP) is 3.09. The summed E-state index contributed by atoms with van der Waals surface area (Å²) in [6.07, 6.45) is 5.59. The highest BCUT2D eigenvalue weighted by Crippen LogP contribution is 2.42. The van der Waals surface area contributed by atoms with Crippen LogP contribution < -0.4 is 4.72 Å². The van der Waals surface area contributed by atoms with Crippen LogP contribution in [0.15, 0.2) is 29.2 Å². The monoisotopic (exact) mass is 339 g/mol. The third-order valence-corrected chi connectivity index (χ3v) is 6.15. The van der Waals surface area contributed by atoms with Gasteiger partial charge in [0.05, 0.1) is 4.90 Å². The number of benzene rings is 1. The van der Waals surface area contributed by atoms with Crippen LogP contribution in [0.25, 0.3) is 0 Å². The number of carboxylic acids is 1. The van der Waals surface area contributed by atoms with Gasteiger partial charge in [-0.05, 0) is 50.2 Å². The Hall–Kier alpha value is -1.40. The van der Waals surface area contributed by atoms with E-state index in [2.05, 4.69) is 4.72 Å². The average Bonchev–Trinajstić information content (AvgIpc) is 2.95. The molecule has 0 saturated heterocycles. The van der Waals surface area contributed by atoms with Crippen molar-refractivity contribution in [1.82, 2.24) is 4.72 Å². The maximum Gasteiger partial charge on any atom is 0.303 e. The standard InChI is InChI=1S/C17H25NO4S/c1-14-6-8-15(9-7-14)23(21,22)18-13-17(10-2-3-11-17)12-4-5-16(19)20/h6-9,18H,2-5,10-13H2,1H3,(H,19,20). The van der Waals surface area contributed by atoms with Gasteiger partial charge in [0.1, 0.15) is 0 Å². The first-order valence-corrected chi connectivity index (χ1v) is 9.60. The van der Waals surface area contributed by atoms with Crippen LogP contribution in [-0.4, -0.2) is 26.0 Å². The van der Waals surface area contributed by atoms with Crippen LogP contribution >= 0.6 is 0 Å². The number of carbonyl (C=O) groups is 1. The highest BCUT2D eigenvalue weighted by Gasteiger charge is 2.34. The fourth-order valence-electron chi connectivity index (χ4n) is 3.30.